The third kappa shape index (κ3) is 4.31. The minimum Gasteiger partial charge on any atom is -0.344 e. The van der Waals surface area contributed by atoms with E-state index in [1.54, 1.807) is 18.3 Å². The predicted octanol–water partition coefficient (Wildman–Crippen LogP) is 1.90. The van der Waals surface area contributed by atoms with Gasteiger partial charge in [0, 0.05) is 12.6 Å². The van der Waals surface area contributed by atoms with E-state index in [9.17, 15) is 9.59 Å². The highest BCUT2D eigenvalue weighted by molar-refractivity contribution is 6.36. The van der Waals surface area contributed by atoms with Gasteiger partial charge in [-0.15, -0.1) is 0 Å². The summed E-state index contributed by atoms with van der Waals surface area (Å²) in [6.07, 6.45) is 2.45. The maximum atomic E-state index is 11.7. The van der Waals surface area contributed by atoms with Crippen LogP contribution in [0, 0.1) is 0 Å². The fourth-order valence-electron chi connectivity index (χ4n) is 1.79. The number of aromatic nitrogens is 1. The highest BCUT2D eigenvalue weighted by Crippen LogP contribution is 2.03. The van der Waals surface area contributed by atoms with Crippen LogP contribution in [0.25, 0.3) is 0 Å². The van der Waals surface area contributed by atoms with Crippen molar-refractivity contribution in [2.75, 3.05) is 0 Å². The van der Waals surface area contributed by atoms with E-state index in [-0.39, 0.29) is 13.0 Å². The fraction of sp³-hybridized carbons (Fsp3) is 0.188. The number of amides is 1. The van der Waals surface area contributed by atoms with Crippen LogP contribution in [-0.4, -0.2) is 16.7 Å². The van der Waals surface area contributed by atoms with Gasteiger partial charge in [0.15, 0.2) is 0 Å². The van der Waals surface area contributed by atoms with Crippen molar-refractivity contribution in [2.24, 2.45) is 0 Å². The number of rotatable bonds is 6. The van der Waals surface area contributed by atoms with Crippen molar-refractivity contribution >= 4 is 11.7 Å². The van der Waals surface area contributed by atoms with Gasteiger partial charge >= 0.3 is 0 Å². The molecular formula is C16H16N2O2. The summed E-state index contributed by atoms with van der Waals surface area (Å²) in [5.41, 5.74) is 1.79. The third-order valence-corrected chi connectivity index (χ3v) is 2.89. The SMILES string of the molecule is O=C(CCc1ccccc1)C(=O)NCc1ccccn1. The molecule has 0 saturated heterocycles. The van der Waals surface area contributed by atoms with Gasteiger partial charge < -0.3 is 5.32 Å². The number of benzene rings is 1. The average Bonchev–Trinajstić information content (AvgIpc) is 2.52. The molecule has 0 radical (unpaired) electrons. The topological polar surface area (TPSA) is 59.1 Å². The molecule has 0 aliphatic rings. The molecule has 2 rings (SSSR count). The van der Waals surface area contributed by atoms with Gasteiger partial charge in [-0.05, 0) is 24.1 Å². The molecular weight excluding hydrogens is 252 g/mol. The van der Waals surface area contributed by atoms with Crippen LogP contribution in [0.1, 0.15) is 17.7 Å². The molecule has 0 fully saturated rings. The third-order valence-electron chi connectivity index (χ3n) is 2.89. The van der Waals surface area contributed by atoms with Crippen molar-refractivity contribution in [1.29, 1.82) is 0 Å². The highest BCUT2D eigenvalue weighted by atomic mass is 16.2. The number of carbonyl (C=O) groups is 2. The minimum atomic E-state index is -0.549. The summed E-state index contributed by atoms with van der Waals surface area (Å²) >= 11 is 0. The first kappa shape index (κ1) is 13.9. The molecule has 0 unspecified atom stereocenters. The van der Waals surface area contributed by atoms with Crippen molar-refractivity contribution in [3.8, 4) is 0 Å². The maximum absolute atomic E-state index is 11.7. The number of Topliss-reactive ketones (excluding diaryl/α,β-unsaturated/α-hetero) is 1. The average molecular weight is 268 g/mol. The Balaban J connectivity index is 1.76. The van der Waals surface area contributed by atoms with Crippen LogP contribution < -0.4 is 5.32 Å². The van der Waals surface area contributed by atoms with Crippen LogP contribution in [0.15, 0.2) is 54.7 Å². The largest absolute Gasteiger partial charge is 0.344 e. The second-order valence-corrected chi connectivity index (χ2v) is 4.41. The lowest BCUT2D eigenvalue weighted by atomic mass is 10.1. The quantitative estimate of drug-likeness (QED) is 0.814. The zero-order valence-corrected chi connectivity index (χ0v) is 11.1. The van der Waals surface area contributed by atoms with Crippen LogP contribution in [-0.2, 0) is 22.6 Å². The summed E-state index contributed by atoms with van der Waals surface area (Å²) in [6, 6.07) is 15.1. The van der Waals surface area contributed by atoms with Gasteiger partial charge in [0.2, 0.25) is 5.78 Å². The molecule has 1 amide bonds. The highest BCUT2D eigenvalue weighted by Gasteiger charge is 2.13. The van der Waals surface area contributed by atoms with Gasteiger partial charge in [0.25, 0.3) is 5.91 Å². The number of carbonyl (C=O) groups excluding carboxylic acids is 2. The smallest absolute Gasteiger partial charge is 0.287 e. The number of nitrogens with zero attached hydrogens (tertiary/aromatic N) is 1. The summed E-state index contributed by atoms with van der Waals surface area (Å²) in [5.74, 6) is -0.948. The summed E-state index contributed by atoms with van der Waals surface area (Å²) in [6.45, 7) is 0.275. The zero-order chi connectivity index (χ0) is 14.2. The molecule has 1 heterocycles. The Kier molecular flexibility index (Phi) is 5.00. The summed E-state index contributed by atoms with van der Waals surface area (Å²) in [7, 11) is 0. The lowest BCUT2D eigenvalue weighted by Gasteiger charge is -2.04. The fourth-order valence-corrected chi connectivity index (χ4v) is 1.79. The molecule has 2 aromatic rings. The molecule has 0 aliphatic heterocycles. The summed E-state index contributed by atoms with van der Waals surface area (Å²) in [5, 5.41) is 2.58. The summed E-state index contributed by atoms with van der Waals surface area (Å²) < 4.78 is 0. The number of hydrogen-bond acceptors (Lipinski definition) is 3. The molecule has 4 nitrogen and oxygen atoms in total. The van der Waals surface area contributed by atoms with E-state index in [0.29, 0.717) is 6.42 Å². The first-order valence-electron chi connectivity index (χ1n) is 6.50. The van der Waals surface area contributed by atoms with Crippen molar-refractivity contribution < 1.29 is 9.59 Å². The molecule has 0 saturated carbocycles. The lowest BCUT2D eigenvalue weighted by Crippen LogP contribution is -2.30. The standard InChI is InChI=1S/C16H16N2O2/c19-15(10-9-13-6-2-1-3-7-13)16(20)18-12-14-8-4-5-11-17-14/h1-8,11H,9-10,12H2,(H,18,20). The van der Waals surface area contributed by atoms with Crippen LogP contribution >= 0.6 is 0 Å². The number of aryl methyl sites for hydroxylation is 1. The van der Waals surface area contributed by atoms with Gasteiger partial charge in [-0.25, -0.2) is 0 Å². The van der Waals surface area contributed by atoms with Crippen molar-refractivity contribution in [3.05, 3.63) is 66.0 Å². The van der Waals surface area contributed by atoms with Crippen LogP contribution in [0.2, 0.25) is 0 Å². The van der Waals surface area contributed by atoms with E-state index in [1.807, 2.05) is 36.4 Å². The van der Waals surface area contributed by atoms with Crippen molar-refractivity contribution in [2.45, 2.75) is 19.4 Å². The second-order valence-electron chi connectivity index (χ2n) is 4.41. The van der Waals surface area contributed by atoms with Crippen molar-refractivity contribution in [1.82, 2.24) is 10.3 Å². The Morgan fingerprint density at radius 3 is 2.45 bits per heavy atom. The Morgan fingerprint density at radius 2 is 1.75 bits per heavy atom. The van der Waals surface area contributed by atoms with E-state index in [4.69, 9.17) is 0 Å². The van der Waals surface area contributed by atoms with Crippen LogP contribution in [0.3, 0.4) is 0 Å². The molecule has 0 atom stereocenters. The normalized spacial score (nSPS) is 10.0. The van der Waals surface area contributed by atoms with Crippen LogP contribution in [0.5, 0.6) is 0 Å². The minimum absolute atomic E-state index is 0.220. The second kappa shape index (κ2) is 7.19. The van der Waals surface area contributed by atoms with Gasteiger partial charge in [0.05, 0.1) is 12.2 Å². The molecule has 1 aromatic heterocycles. The predicted molar refractivity (Wildman–Crippen MR) is 75.9 cm³/mol. The molecule has 4 heteroatoms. The lowest BCUT2D eigenvalue weighted by molar-refractivity contribution is -0.138. The van der Waals surface area contributed by atoms with E-state index in [2.05, 4.69) is 10.3 Å². The maximum Gasteiger partial charge on any atom is 0.287 e. The number of pyridine rings is 1. The molecule has 1 aromatic carbocycles. The number of hydrogen-bond donors (Lipinski definition) is 1. The number of ketones is 1. The van der Waals surface area contributed by atoms with E-state index in [0.717, 1.165) is 11.3 Å². The molecule has 102 valence electrons. The number of nitrogens with one attached hydrogen (secondary N) is 1. The Morgan fingerprint density at radius 1 is 1.00 bits per heavy atom. The Labute approximate surface area is 117 Å². The Bertz CT molecular complexity index is 514. The first-order chi connectivity index (χ1) is 9.75. The molecule has 0 spiro atoms. The van der Waals surface area contributed by atoms with Gasteiger partial charge in [-0.2, -0.15) is 0 Å². The van der Waals surface area contributed by atoms with Gasteiger partial charge in [-0.3, -0.25) is 14.6 Å². The van der Waals surface area contributed by atoms with Gasteiger partial charge in [-0.1, -0.05) is 36.4 Å². The van der Waals surface area contributed by atoms with E-state index in [1.165, 1.54) is 0 Å². The van der Waals surface area contributed by atoms with Gasteiger partial charge in [0.1, 0.15) is 0 Å². The summed E-state index contributed by atoms with van der Waals surface area (Å²) in [4.78, 5) is 27.4. The first-order valence-corrected chi connectivity index (χ1v) is 6.50. The van der Waals surface area contributed by atoms with E-state index < -0.39 is 11.7 Å². The van der Waals surface area contributed by atoms with E-state index >= 15 is 0 Å². The van der Waals surface area contributed by atoms with Crippen LogP contribution in [0.4, 0.5) is 0 Å². The van der Waals surface area contributed by atoms with Crippen molar-refractivity contribution in [3.63, 3.8) is 0 Å². The molecule has 1 N–H and O–H groups in total. The zero-order valence-electron chi connectivity index (χ0n) is 11.1. The molecule has 0 aliphatic carbocycles. The molecule has 20 heavy (non-hydrogen) atoms. The molecule has 0 bridgehead atoms. The Hall–Kier alpha value is -2.49. The monoisotopic (exact) mass is 268 g/mol.